The first kappa shape index (κ1) is 9.72. The van der Waals surface area contributed by atoms with Crippen molar-refractivity contribution < 1.29 is 9.53 Å². The minimum Gasteiger partial charge on any atom is -0.468 e. The van der Waals surface area contributed by atoms with Gasteiger partial charge in [0.15, 0.2) is 0 Å². The summed E-state index contributed by atoms with van der Waals surface area (Å²) in [4.78, 5) is 10.7. The molecule has 0 radical (unpaired) electrons. The Morgan fingerprint density at radius 3 is 2.50 bits per heavy atom. The van der Waals surface area contributed by atoms with Crippen LogP contribution in [0.4, 0.5) is 0 Å². The number of alkyl halides is 1. The highest BCUT2D eigenvalue weighted by Gasteiger charge is 2.21. The van der Waals surface area contributed by atoms with Gasteiger partial charge in [0.1, 0.15) is 5.38 Å². The number of carbonyl (C=O) groups is 1. The van der Waals surface area contributed by atoms with Crippen molar-refractivity contribution in [2.45, 2.75) is 18.3 Å². The van der Waals surface area contributed by atoms with E-state index in [1.165, 1.54) is 7.11 Å². The first-order valence-electron chi connectivity index (χ1n) is 3.02. The van der Waals surface area contributed by atoms with Gasteiger partial charge in [-0.25, -0.2) is 0 Å². The molecule has 4 heteroatoms. The molecule has 0 amide bonds. The van der Waals surface area contributed by atoms with E-state index in [4.69, 9.17) is 11.6 Å². The van der Waals surface area contributed by atoms with E-state index in [1.54, 1.807) is 7.05 Å². The van der Waals surface area contributed by atoms with Crippen molar-refractivity contribution in [1.82, 2.24) is 5.32 Å². The molecular formula is C6H12ClNO2. The maximum absolute atomic E-state index is 10.7. The van der Waals surface area contributed by atoms with Crippen molar-refractivity contribution >= 4 is 17.6 Å². The van der Waals surface area contributed by atoms with E-state index in [2.05, 4.69) is 10.1 Å². The molecule has 0 aliphatic carbocycles. The lowest BCUT2D eigenvalue weighted by Crippen LogP contribution is -2.37. The van der Waals surface area contributed by atoms with E-state index in [0.717, 1.165) is 0 Å². The number of methoxy groups -OCH3 is 1. The quantitative estimate of drug-likeness (QED) is 0.485. The minimum absolute atomic E-state index is 0.0610. The maximum Gasteiger partial charge on any atom is 0.325 e. The number of hydrogen-bond acceptors (Lipinski definition) is 3. The largest absolute Gasteiger partial charge is 0.468 e. The van der Waals surface area contributed by atoms with E-state index >= 15 is 0 Å². The molecule has 0 saturated heterocycles. The van der Waals surface area contributed by atoms with Gasteiger partial charge in [-0.2, -0.15) is 0 Å². The fraction of sp³-hybridized carbons (Fsp3) is 0.833. The molecule has 2 atom stereocenters. The molecule has 0 rings (SSSR count). The summed E-state index contributed by atoms with van der Waals surface area (Å²) in [6, 6.07) is -0.0610. The third kappa shape index (κ3) is 2.54. The van der Waals surface area contributed by atoms with Gasteiger partial charge in [0.2, 0.25) is 0 Å². The molecular weight excluding hydrogens is 154 g/mol. The lowest BCUT2D eigenvalue weighted by molar-refractivity contribution is -0.140. The molecule has 0 saturated carbocycles. The lowest BCUT2D eigenvalue weighted by Gasteiger charge is -2.13. The van der Waals surface area contributed by atoms with Crippen molar-refractivity contribution in [3.05, 3.63) is 0 Å². The van der Waals surface area contributed by atoms with Crippen LogP contribution in [0.5, 0.6) is 0 Å². The Hall–Kier alpha value is -0.280. The smallest absolute Gasteiger partial charge is 0.325 e. The molecule has 0 spiro atoms. The number of nitrogens with one attached hydrogen (secondary N) is 1. The number of hydrogen-bond donors (Lipinski definition) is 1. The van der Waals surface area contributed by atoms with E-state index in [9.17, 15) is 4.79 Å². The van der Waals surface area contributed by atoms with Gasteiger partial charge in [-0.1, -0.05) is 0 Å². The summed E-state index contributed by atoms with van der Waals surface area (Å²) in [7, 11) is 3.06. The summed E-state index contributed by atoms with van der Waals surface area (Å²) < 4.78 is 4.42. The highest BCUT2D eigenvalue weighted by molar-refractivity contribution is 6.30. The lowest BCUT2D eigenvalue weighted by atomic mass is 10.2. The Morgan fingerprint density at radius 1 is 1.70 bits per heavy atom. The van der Waals surface area contributed by atoms with Crippen LogP contribution < -0.4 is 5.32 Å². The van der Waals surface area contributed by atoms with Crippen LogP contribution in [0.1, 0.15) is 6.92 Å². The molecule has 0 aliphatic heterocycles. The third-order valence-corrected chi connectivity index (χ3v) is 1.88. The Labute approximate surface area is 65.7 Å². The highest BCUT2D eigenvalue weighted by atomic mass is 35.5. The second-order valence-electron chi connectivity index (χ2n) is 2.00. The monoisotopic (exact) mass is 165 g/mol. The van der Waals surface area contributed by atoms with Gasteiger partial charge in [0.25, 0.3) is 0 Å². The van der Waals surface area contributed by atoms with Gasteiger partial charge in [-0.15, -0.1) is 11.6 Å². The van der Waals surface area contributed by atoms with Crippen molar-refractivity contribution in [2.75, 3.05) is 14.2 Å². The second-order valence-corrected chi connectivity index (χ2v) is 2.47. The first-order chi connectivity index (χ1) is 4.63. The summed E-state index contributed by atoms with van der Waals surface area (Å²) in [6.07, 6.45) is 0. The zero-order valence-electron chi connectivity index (χ0n) is 6.35. The molecule has 0 fully saturated rings. The summed E-state index contributed by atoms with van der Waals surface area (Å²) in [5.41, 5.74) is 0. The Kier molecular flexibility index (Phi) is 4.40. The minimum atomic E-state index is -0.602. The number of esters is 1. The number of rotatable bonds is 3. The number of halogens is 1. The average molecular weight is 166 g/mol. The maximum atomic E-state index is 10.7. The average Bonchev–Trinajstić information content (AvgIpc) is 2.00. The predicted molar refractivity (Wildman–Crippen MR) is 40.2 cm³/mol. The number of ether oxygens (including phenoxy) is 1. The van der Waals surface area contributed by atoms with Crippen LogP contribution in [-0.4, -0.2) is 31.5 Å². The van der Waals surface area contributed by atoms with E-state index in [1.807, 2.05) is 6.92 Å². The van der Waals surface area contributed by atoms with Gasteiger partial charge >= 0.3 is 5.97 Å². The van der Waals surface area contributed by atoms with Gasteiger partial charge in [0.05, 0.1) is 7.11 Å². The van der Waals surface area contributed by atoms with E-state index in [-0.39, 0.29) is 6.04 Å². The fourth-order valence-electron chi connectivity index (χ4n) is 0.463. The Morgan fingerprint density at radius 2 is 2.20 bits per heavy atom. The Balaban J connectivity index is 3.81. The zero-order valence-corrected chi connectivity index (χ0v) is 7.11. The standard InChI is InChI=1S/C6H12ClNO2/c1-4(8-2)5(7)6(9)10-3/h4-5,8H,1-3H3/t4-,5+/m1/s1. The Bertz CT molecular complexity index is 118. The van der Waals surface area contributed by atoms with Crippen molar-refractivity contribution in [3.8, 4) is 0 Å². The normalized spacial score (nSPS) is 16.0. The van der Waals surface area contributed by atoms with Crippen LogP contribution in [0.3, 0.4) is 0 Å². The first-order valence-corrected chi connectivity index (χ1v) is 3.46. The molecule has 0 aromatic heterocycles. The molecule has 60 valence electrons. The van der Waals surface area contributed by atoms with Gasteiger partial charge in [-0.3, -0.25) is 4.79 Å². The number of carbonyl (C=O) groups excluding carboxylic acids is 1. The topological polar surface area (TPSA) is 38.3 Å². The SMILES string of the molecule is CN[C@H](C)[C@H](Cl)C(=O)OC. The van der Waals surface area contributed by atoms with Crippen molar-refractivity contribution in [2.24, 2.45) is 0 Å². The van der Waals surface area contributed by atoms with Gasteiger partial charge in [0, 0.05) is 6.04 Å². The third-order valence-electron chi connectivity index (χ3n) is 1.32. The molecule has 1 N–H and O–H groups in total. The molecule has 0 bridgehead atoms. The van der Waals surface area contributed by atoms with Crippen LogP contribution in [0.25, 0.3) is 0 Å². The van der Waals surface area contributed by atoms with E-state index < -0.39 is 11.3 Å². The molecule has 10 heavy (non-hydrogen) atoms. The van der Waals surface area contributed by atoms with Crippen molar-refractivity contribution in [3.63, 3.8) is 0 Å². The van der Waals surface area contributed by atoms with Crippen LogP contribution in [-0.2, 0) is 9.53 Å². The second kappa shape index (κ2) is 4.52. The molecule has 0 aliphatic rings. The molecule has 0 unspecified atom stereocenters. The van der Waals surface area contributed by atoms with Gasteiger partial charge in [-0.05, 0) is 14.0 Å². The molecule has 0 aromatic rings. The van der Waals surface area contributed by atoms with Crippen LogP contribution in [0, 0.1) is 0 Å². The summed E-state index contributed by atoms with van der Waals surface area (Å²) >= 11 is 5.64. The summed E-state index contributed by atoms with van der Waals surface area (Å²) in [5.74, 6) is -0.400. The van der Waals surface area contributed by atoms with Crippen LogP contribution in [0.2, 0.25) is 0 Å². The van der Waals surface area contributed by atoms with Crippen LogP contribution >= 0.6 is 11.6 Å². The van der Waals surface area contributed by atoms with E-state index in [0.29, 0.717) is 0 Å². The predicted octanol–water partition coefficient (Wildman–Crippen LogP) is 0.375. The highest BCUT2D eigenvalue weighted by Crippen LogP contribution is 2.03. The summed E-state index contributed by atoms with van der Waals surface area (Å²) in [5, 5.41) is 2.25. The van der Waals surface area contributed by atoms with Crippen LogP contribution in [0.15, 0.2) is 0 Å². The molecule has 3 nitrogen and oxygen atoms in total. The molecule has 0 aromatic carbocycles. The summed E-state index contributed by atoms with van der Waals surface area (Å²) in [6.45, 7) is 1.81. The zero-order chi connectivity index (χ0) is 8.15. The fourth-order valence-corrected chi connectivity index (χ4v) is 0.678. The van der Waals surface area contributed by atoms with Crippen molar-refractivity contribution in [1.29, 1.82) is 0 Å². The van der Waals surface area contributed by atoms with Gasteiger partial charge < -0.3 is 10.1 Å². The molecule has 0 heterocycles.